The van der Waals surface area contributed by atoms with Gasteiger partial charge in [-0.2, -0.15) is 0 Å². The molecule has 3 rings (SSSR count). The summed E-state index contributed by atoms with van der Waals surface area (Å²) < 4.78 is 15.0. The number of ketones is 1. The summed E-state index contributed by atoms with van der Waals surface area (Å²) in [5, 5.41) is 0. The van der Waals surface area contributed by atoms with Gasteiger partial charge in [-0.05, 0) is 47.1 Å². The van der Waals surface area contributed by atoms with Gasteiger partial charge in [-0.25, -0.2) is 4.39 Å². The molecule has 0 spiro atoms. The largest absolute Gasteiger partial charge is 0.366 e. The molecule has 0 aliphatic carbocycles. The molecule has 0 N–H and O–H groups in total. The van der Waals surface area contributed by atoms with Crippen LogP contribution in [-0.4, -0.2) is 47.8 Å². The fraction of sp³-hybridized carbons (Fsp3) is 0.278. The molecule has 2 aromatic rings. The zero-order chi connectivity index (χ0) is 18.0. The molecule has 1 aliphatic heterocycles. The van der Waals surface area contributed by atoms with Gasteiger partial charge in [-0.3, -0.25) is 14.6 Å². The minimum atomic E-state index is -0.413. The number of hydrogen-bond donors (Lipinski definition) is 0. The molecule has 0 atom stereocenters. The molecule has 1 aromatic heterocycles. The molecule has 130 valence electrons. The van der Waals surface area contributed by atoms with Gasteiger partial charge in [0.15, 0.2) is 5.78 Å². The number of amides is 1. The number of rotatable bonds is 3. The Morgan fingerprint density at radius 1 is 1.08 bits per heavy atom. The van der Waals surface area contributed by atoms with E-state index in [4.69, 9.17) is 0 Å². The Morgan fingerprint density at radius 2 is 1.80 bits per heavy atom. The number of halogens is 2. The van der Waals surface area contributed by atoms with E-state index >= 15 is 0 Å². The summed E-state index contributed by atoms with van der Waals surface area (Å²) in [5.74, 6) is -0.659. The number of carbonyl (C=O) groups excluding carboxylic acids is 2. The van der Waals surface area contributed by atoms with E-state index in [0.717, 1.165) is 4.47 Å². The Morgan fingerprint density at radius 3 is 2.40 bits per heavy atom. The minimum absolute atomic E-state index is 0.0825. The number of piperazine rings is 1. The first-order chi connectivity index (χ1) is 12.0. The fourth-order valence-electron chi connectivity index (χ4n) is 2.84. The number of anilines is 1. The van der Waals surface area contributed by atoms with E-state index in [9.17, 15) is 14.0 Å². The lowest BCUT2D eigenvalue weighted by molar-refractivity contribution is 0.0746. The lowest BCUT2D eigenvalue weighted by Gasteiger charge is -2.36. The summed E-state index contributed by atoms with van der Waals surface area (Å²) in [7, 11) is 0. The molecular formula is C18H17BrFN3O2. The minimum Gasteiger partial charge on any atom is -0.366 e. The topological polar surface area (TPSA) is 53.5 Å². The molecule has 1 fully saturated rings. The number of hydrogen-bond acceptors (Lipinski definition) is 4. The standard InChI is InChI=1S/C18H17BrFN3O2/c1-12(24)13-2-3-17(16(20)9-13)22-4-6-23(7-5-22)18(25)14-8-15(19)11-21-10-14/h2-3,8-11H,4-7H2,1H3. The van der Waals surface area contributed by atoms with E-state index in [2.05, 4.69) is 20.9 Å². The first-order valence-electron chi connectivity index (χ1n) is 7.91. The maximum absolute atomic E-state index is 14.3. The van der Waals surface area contributed by atoms with E-state index in [1.54, 1.807) is 35.5 Å². The van der Waals surface area contributed by atoms with Crippen LogP contribution in [0.2, 0.25) is 0 Å². The number of pyridine rings is 1. The Balaban J connectivity index is 1.68. The van der Waals surface area contributed by atoms with E-state index in [1.165, 1.54) is 13.0 Å². The number of aromatic nitrogens is 1. The smallest absolute Gasteiger partial charge is 0.255 e. The molecular weight excluding hydrogens is 389 g/mol. The number of nitrogens with zero attached hydrogens (tertiary/aromatic N) is 3. The van der Waals surface area contributed by atoms with Crippen molar-refractivity contribution in [3.63, 3.8) is 0 Å². The van der Waals surface area contributed by atoms with E-state index in [-0.39, 0.29) is 11.7 Å². The van der Waals surface area contributed by atoms with Gasteiger partial charge in [0.1, 0.15) is 5.82 Å². The van der Waals surface area contributed by atoms with Crippen LogP contribution in [0.1, 0.15) is 27.6 Å². The van der Waals surface area contributed by atoms with E-state index in [0.29, 0.717) is 43.0 Å². The number of Topliss-reactive ketones (excluding diaryl/α,β-unsaturated/α-hetero) is 1. The van der Waals surface area contributed by atoms with Crippen molar-refractivity contribution < 1.29 is 14.0 Å². The molecule has 0 bridgehead atoms. The van der Waals surface area contributed by atoms with Crippen LogP contribution in [0.25, 0.3) is 0 Å². The summed E-state index contributed by atoms with van der Waals surface area (Å²) in [4.78, 5) is 31.5. The van der Waals surface area contributed by atoms with Crippen molar-refractivity contribution in [3.8, 4) is 0 Å². The van der Waals surface area contributed by atoms with Crippen molar-refractivity contribution in [2.24, 2.45) is 0 Å². The molecule has 0 radical (unpaired) electrons. The highest BCUT2D eigenvalue weighted by molar-refractivity contribution is 9.10. The van der Waals surface area contributed by atoms with Crippen LogP contribution in [0.15, 0.2) is 41.1 Å². The Kier molecular flexibility index (Phi) is 5.13. The highest BCUT2D eigenvalue weighted by Gasteiger charge is 2.24. The van der Waals surface area contributed by atoms with Crippen LogP contribution in [0.5, 0.6) is 0 Å². The average Bonchev–Trinajstić information content (AvgIpc) is 2.61. The maximum Gasteiger partial charge on any atom is 0.255 e. The van der Waals surface area contributed by atoms with Gasteiger partial charge in [0.2, 0.25) is 0 Å². The van der Waals surface area contributed by atoms with Crippen molar-refractivity contribution >= 4 is 33.3 Å². The monoisotopic (exact) mass is 405 g/mol. The normalized spacial score (nSPS) is 14.5. The molecule has 2 heterocycles. The Bertz CT molecular complexity index is 820. The second kappa shape index (κ2) is 7.31. The third-order valence-corrected chi connectivity index (χ3v) is 4.65. The van der Waals surface area contributed by atoms with Gasteiger partial charge in [0.25, 0.3) is 5.91 Å². The van der Waals surface area contributed by atoms with Crippen LogP contribution >= 0.6 is 15.9 Å². The molecule has 1 aliphatic rings. The van der Waals surface area contributed by atoms with Crippen molar-refractivity contribution in [1.82, 2.24) is 9.88 Å². The van der Waals surface area contributed by atoms with Crippen molar-refractivity contribution in [3.05, 3.63) is 58.1 Å². The highest BCUT2D eigenvalue weighted by Crippen LogP contribution is 2.23. The predicted molar refractivity (Wildman–Crippen MR) is 96.5 cm³/mol. The van der Waals surface area contributed by atoms with Gasteiger partial charge < -0.3 is 9.80 Å². The summed E-state index contributed by atoms with van der Waals surface area (Å²) >= 11 is 3.31. The second-order valence-electron chi connectivity index (χ2n) is 5.89. The SMILES string of the molecule is CC(=O)c1ccc(N2CCN(C(=O)c3cncc(Br)c3)CC2)c(F)c1. The number of benzene rings is 1. The molecule has 25 heavy (non-hydrogen) atoms. The van der Waals surface area contributed by atoms with Crippen LogP contribution in [0.4, 0.5) is 10.1 Å². The molecule has 0 unspecified atom stereocenters. The van der Waals surface area contributed by atoms with Crippen LogP contribution in [0.3, 0.4) is 0 Å². The zero-order valence-corrected chi connectivity index (χ0v) is 15.3. The molecule has 7 heteroatoms. The molecule has 0 saturated carbocycles. The summed E-state index contributed by atoms with van der Waals surface area (Å²) in [6.45, 7) is 3.47. The first kappa shape index (κ1) is 17.5. The van der Waals surface area contributed by atoms with Gasteiger partial charge >= 0.3 is 0 Å². The lowest BCUT2D eigenvalue weighted by Crippen LogP contribution is -2.49. The fourth-order valence-corrected chi connectivity index (χ4v) is 3.21. The third-order valence-electron chi connectivity index (χ3n) is 4.21. The van der Waals surface area contributed by atoms with Gasteiger partial charge in [-0.15, -0.1) is 0 Å². The Labute approximate surface area is 153 Å². The second-order valence-corrected chi connectivity index (χ2v) is 6.81. The maximum atomic E-state index is 14.3. The van der Waals surface area contributed by atoms with Crippen molar-refractivity contribution in [2.45, 2.75) is 6.92 Å². The lowest BCUT2D eigenvalue weighted by atomic mass is 10.1. The summed E-state index contributed by atoms with van der Waals surface area (Å²) in [5.41, 5.74) is 1.35. The first-order valence-corrected chi connectivity index (χ1v) is 8.70. The van der Waals surface area contributed by atoms with Crippen LogP contribution in [0, 0.1) is 5.82 Å². The summed E-state index contributed by atoms with van der Waals surface area (Å²) in [6, 6.07) is 6.26. The van der Waals surface area contributed by atoms with Crippen molar-refractivity contribution in [1.29, 1.82) is 0 Å². The van der Waals surface area contributed by atoms with Crippen LogP contribution < -0.4 is 4.90 Å². The molecule has 1 saturated heterocycles. The Hall–Kier alpha value is -2.28. The summed E-state index contributed by atoms with van der Waals surface area (Å²) in [6.07, 6.45) is 3.17. The van der Waals surface area contributed by atoms with E-state index in [1.807, 2.05) is 4.90 Å². The van der Waals surface area contributed by atoms with Crippen LogP contribution in [-0.2, 0) is 0 Å². The van der Waals surface area contributed by atoms with Crippen molar-refractivity contribution in [2.75, 3.05) is 31.1 Å². The highest BCUT2D eigenvalue weighted by atomic mass is 79.9. The van der Waals surface area contributed by atoms with Gasteiger partial charge in [-0.1, -0.05) is 0 Å². The average molecular weight is 406 g/mol. The third kappa shape index (κ3) is 3.87. The zero-order valence-electron chi connectivity index (χ0n) is 13.7. The molecule has 5 nitrogen and oxygen atoms in total. The molecule has 1 aromatic carbocycles. The van der Waals surface area contributed by atoms with Gasteiger partial charge in [0.05, 0.1) is 11.3 Å². The van der Waals surface area contributed by atoms with Gasteiger partial charge in [0, 0.05) is 48.6 Å². The number of carbonyl (C=O) groups is 2. The van der Waals surface area contributed by atoms with E-state index < -0.39 is 5.82 Å². The molecule has 1 amide bonds. The predicted octanol–water partition coefficient (Wildman–Crippen LogP) is 3.15. The quantitative estimate of drug-likeness (QED) is 0.736.